The fourth-order valence-corrected chi connectivity index (χ4v) is 4.40. The van der Waals surface area contributed by atoms with E-state index in [1.54, 1.807) is 6.33 Å². The predicted molar refractivity (Wildman–Crippen MR) is 90.8 cm³/mol. The second-order valence-corrected chi connectivity index (χ2v) is 7.51. The largest absolute Gasteiger partial charge is 0.345 e. The molecule has 0 aliphatic heterocycles. The molecule has 1 heterocycles. The van der Waals surface area contributed by atoms with Crippen LogP contribution in [0.5, 0.6) is 0 Å². The molecule has 1 aromatic heterocycles. The molecule has 5 nitrogen and oxygen atoms in total. The summed E-state index contributed by atoms with van der Waals surface area (Å²) < 4.78 is 28.0. The van der Waals surface area contributed by atoms with Crippen LogP contribution in [0.1, 0.15) is 22.3 Å². The Hall–Kier alpha value is -2.18. The highest BCUT2D eigenvalue weighted by Gasteiger charge is 2.19. The van der Waals surface area contributed by atoms with E-state index in [0.29, 0.717) is 4.90 Å². The molecule has 0 saturated carbocycles. The van der Waals surface area contributed by atoms with Crippen LogP contribution in [0.25, 0.3) is 11.0 Å². The SMILES string of the molecule is Cc1cc(C)c(S(=O)(=O)NCc2ccc3nc[nH]c3c2)c(C)c1. The first kappa shape index (κ1) is 15.7. The van der Waals surface area contributed by atoms with Crippen LogP contribution in [0, 0.1) is 20.8 Å². The van der Waals surface area contributed by atoms with Crippen molar-refractivity contribution >= 4 is 21.1 Å². The van der Waals surface area contributed by atoms with Crippen LogP contribution < -0.4 is 4.72 Å². The van der Waals surface area contributed by atoms with Gasteiger partial charge in [-0.05, 0) is 49.6 Å². The highest BCUT2D eigenvalue weighted by molar-refractivity contribution is 7.89. The lowest BCUT2D eigenvalue weighted by Gasteiger charge is -2.13. The third kappa shape index (κ3) is 3.13. The number of aryl methyl sites for hydroxylation is 3. The van der Waals surface area contributed by atoms with Crippen molar-refractivity contribution in [2.24, 2.45) is 0 Å². The van der Waals surface area contributed by atoms with Gasteiger partial charge in [0.05, 0.1) is 22.3 Å². The number of benzene rings is 2. The minimum Gasteiger partial charge on any atom is -0.345 e. The number of rotatable bonds is 4. The standard InChI is InChI=1S/C17H19N3O2S/c1-11-6-12(2)17(13(3)7-11)23(21,22)20-9-14-4-5-15-16(8-14)19-10-18-15/h4-8,10,20H,9H2,1-3H3,(H,18,19). The van der Waals surface area contributed by atoms with E-state index in [1.807, 2.05) is 51.1 Å². The zero-order chi connectivity index (χ0) is 16.6. The van der Waals surface area contributed by atoms with Crippen molar-refractivity contribution in [3.05, 3.63) is 58.9 Å². The summed E-state index contributed by atoms with van der Waals surface area (Å²) in [6, 6.07) is 9.43. The first-order valence-corrected chi connectivity index (χ1v) is 8.85. The lowest BCUT2D eigenvalue weighted by Crippen LogP contribution is -2.25. The number of sulfonamides is 1. The Morgan fingerprint density at radius 3 is 2.48 bits per heavy atom. The Bertz CT molecular complexity index is 951. The minimum absolute atomic E-state index is 0.240. The lowest BCUT2D eigenvalue weighted by molar-refractivity contribution is 0.580. The molecule has 0 saturated heterocycles. The monoisotopic (exact) mass is 329 g/mol. The van der Waals surface area contributed by atoms with E-state index in [9.17, 15) is 8.42 Å². The molecular formula is C17H19N3O2S. The third-order valence-electron chi connectivity index (χ3n) is 3.82. The maximum atomic E-state index is 12.6. The summed E-state index contributed by atoms with van der Waals surface area (Å²) in [5.74, 6) is 0. The van der Waals surface area contributed by atoms with Gasteiger partial charge in [-0.15, -0.1) is 0 Å². The summed E-state index contributed by atoms with van der Waals surface area (Å²) in [7, 11) is -3.55. The Kier molecular flexibility index (Phi) is 3.95. The molecule has 0 atom stereocenters. The van der Waals surface area contributed by atoms with Crippen LogP contribution >= 0.6 is 0 Å². The minimum atomic E-state index is -3.55. The maximum absolute atomic E-state index is 12.6. The summed E-state index contributed by atoms with van der Waals surface area (Å²) in [6.07, 6.45) is 1.62. The first-order valence-electron chi connectivity index (χ1n) is 7.36. The molecule has 0 aliphatic carbocycles. The van der Waals surface area contributed by atoms with Gasteiger partial charge in [0.25, 0.3) is 0 Å². The molecule has 3 rings (SSSR count). The van der Waals surface area contributed by atoms with Gasteiger partial charge >= 0.3 is 0 Å². The molecule has 0 bridgehead atoms. The summed E-state index contributed by atoms with van der Waals surface area (Å²) in [4.78, 5) is 7.54. The normalized spacial score (nSPS) is 12.0. The first-order chi connectivity index (χ1) is 10.9. The van der Waals surface area contributed by atoms with Crippen molar-refractivity contribution in [1.82, 2.24) is 14.7 Å². The zero-order valence-electron chi connectivity index (χ0n) is 13.3. The number of hydrogen-bond donors (Lipinski definition) is 2. The predicted octanol–water partition coefficient (Wildman–Crippen LogP) is 2.97. The second-order valence-electron chi connectivity index (χ2n) is 5.81. The summed E-state index contributed by atoms with van der Waals surface area (Å²) >= 11 is 0. The maximum Gasteiger partial charge on any atom is 0.241 e. The van der Waals surface area contributed by atoms with Gasteiger partial charge in [0.15, 0.2) is 0 Å². The third-order valence-corrected chi connectivity index (χ3v) is 5.53. The molecule has 0 aliphatic rings. The van der Waals surface area contributed by atoms with E-state index in [4.69, 9.17) is 0 Å². The Morgan fingerprint density at radius 2 is 1.78 bits per heavy atom. The number of H-pyrrole nitrogens is 1. The highest BCUT2D eigenvalue weighted by atomic mass is 32.2. The van der Waals surface area contributed by atoms with Crippen molar-refractivity contribution < 1.29 is 8.42 Å². The van der Waals surface area contributed by atoms with Gasteiger partial charge in [0.2, 0.25) is 10.0 Å². The Morgan fingerprint density at radius 1 is 1.09 bits per heavy atom. The Balaban J connectivity index is 1.86. The fraction of sp³-hybridized carbons (Fsp3) is 0.235. The lowest BCUT2D eigenvalue weighted by atomic mass is 10.1. The average molecular weight is 329 g/mol. The van der Waals surface area contributed by atoms with E-state index in [-0.39, 0.29) is 6.54 Å². The second kappa shape index (κ2) is 5.79. The van der Waals surface area contributed by atoms with Crippen molar-refractivity contribution in [3.63, 3.8) is 0 Å². The van der Waals surface area contributed by atoms with Crippen LogP contribution in [-0.4, -0.2) is 18.4 Å². The van der Waals surface area contributed by atoms with Crippen LogP contribution in [0.2, 0.25) is 0 Å². The number of nitrogens with one attached hydrogen (secondary N) is 2. The van der Waals surface area contributed by atoms with Crippen LogP contribution in [0.4, 0.5) is 0 Å². The van der Waals surface area contributed by atoms with E-state index in [0.717, 1.165) is 33.3 Å². The summed E-state index contributed by atoms with van der Waals surface area (Å²) in [5, 5.41) is 0. The quantitative estimate of drug-likeness (QED) is 0.773. The molecule has 2 aromatic carbocycles. The van der Waals surface area contributed by atoms with Gasteiger partial charge in [-0.3, -0.25) is 0 Å². The van der Waals surface area contributed by atoms with Crippen LogP contribution in [0.15, 0.2) is 41.6 Å². The number of hydrogen-bond acceptors (Lipinski definition) is 3. The topological polar surface area (TPSA) is 74.8 Å². The molecule has 6 heteroatoms. The zero-order valence-corrected chi connectivity index (χ0v) is 14.2. The molecular weight excluding hydrogens is 310 g/mol. The molecule has 23 heavy (non-hydrogen) atoms. The summed E-state index contributed by atoms with van der Waals surface area (Å²) in [5.41, 5.74) is 5.22. The molecule has 0 spiro atoms. The Labute approximate surface area is 135 Å². The van der Waals surface area contributed by atoms with Gasteiger partial charge < -0.3 is 4.98 Å². The number of fused-ring (bicyclic) bond motifs is 1. The molecule has 0 unspecified atom stereocenters. The smallest absolute Gasteiger partial charge is 0.241 e. The molecule has 3 aromatic rings. The van der Waals surface area contributed by atoms with Crippen LogP contribution in [0.3, 0.4) is 0 Å². The summed E-state index contributed by atoms with van der Waals surface area (Å²) in [6.45, 7) is 5.85. The average Bonchev–Trinajstić information content (AvgIpc) is 2.91. The molecule has 2 N–H and O–H groups in total. The highest BCUT2D eigenvalue weighted by Crippen LogP contribution is 2.22. The van der Waals surface area contributed by atoms with E-state index in [1.165, 1.54) is 0 Å². The van der Waals surface area contributed by atoms with Crippen molar-refractivity contribution in [2.75, 3.05) is 0 Å². The fourth-order valence-electron chi connectivity index (χ4n) is 2.93. The van der Waals surface area contributed by atoms with E-state index < -0.39 is 10.0 Å². The van der Waals surface area contributed by atoms with Gasteiger partial charge in [0, 0.05) is 6.54 Å². The van der Waals surface area contributed by atoms with Gasteiger partial charge in [-0.1, -0.05) is 23.8 Å². The molecule has 0 amide bonds. The molecule has 120 valence electrons. The molecule has 0 fully saturated rings. The van der Waals surface area contributed by atoms with Crippen molar-refractivity contribution in [2.45, 2.75) is 32.2 Å². The number of aromatic nitrogens is 2. The van der Waals surface area contributed by atoms with E-state index >= 15 is 0 Å². The van der Waals surface area contributed by atoms with Gasteiger partial charge in [-0.25, -0.2) is 18.1 Å². The molecule has 0 radical (unpaired) electrons. The van der Waals surface area contributed by atoms with E-state index in [2.05, 4.69) is 14.7 Å². The van der Waals surface area contributed by atoms with Crippen molar-refractivity contribution in [3.8, 4) is 0 Å². The van der Waals surface area contributed by atoms with Gasteiger partial charge in [0.1, 0.15) is 0 Å². The number of aromatic amines is 1. The van der Waals surface area contributed by atoms with Gasteiger partial charge in [-0.2, -0.15) is 0 Å². The van der Waals surface area contributed by atoms with Crippen molar-refractivity contribution in [1.29, 1.82) is 0 Å². The number of imidazole rings is 1. The number of nitrogens with zero attached hydrogens (tertiary/aromatic N) is 1. The van der Waals surface area contributed by atoms with Crippen LogP contribution in [-0.2, 0) is 16.6 Å².